The van der Waals surface area contributed by atoms with Crippen LogP contribution < -0.4 is 4.90 Å². The smallest absolute Gasteiger partial charge is 0.142 e. The van der Waals surface area contributed by atoms with Gasteiger partial charge in [-0.15, -0.1) is 0 Å². The molecule has 1 aliphatic rings. The summed E-state index contributed by atoms with van der Waals surface area (Å²) in [6.07, 6.45) is 4.59. The zero-order valence-electron chi connectivity index (χ0n) is 12.0. The van der Waals surface area contributed by atoms with Crippen molar-refractivity contribution in [2.45, 2.75) is 13.0 Å². The van der Waals surface area contributed by atoms with Gasteiger partial charge in [0.25, 0.3) is 0 Å². The lowest BCUT2D eigenvalue weighted by Gasteiger charge is -2.28. The molecule has 0 amide bonds. The zero-order chi connectivity index (χ0) is 14.5. The van der Waals surface area contributed by atoms with Gasteiger partial charge in [-0.3, -0.25) is 0 Å². The molecule has 2 N–H and O–H groups in total. The summed E-state index contributed by atoms with van der Waals surface area (Å²) in [7, 11) is 0. The highest BCUT2D eigenvalue weighted by Gasteiger charge is 2.22. The fourth-order valence-electron chi connectivity index (χ4n) is 3.48. The number of anilines is 1. The Kier molecular flexibility index (Phi) is 2.33. The van der Waals surface area contributed by atoms with Crippen molar-refractivity contribution in [3.05, 3.63) is 54.1 Å². The number of nitrogens with one attached hydrogen (secondary N) is 2. The zero-order valence-corrected chi connectivity index (χ0v) is 12.0. The Balaban J connectivity index is 1.61. The molecule has 0 spiro atoms. The van der Waals surface area contributed by atoms with Gasteiger partial charge in [-0.2, -0.15) is 0 Å². The average Bonchev–Trinajstić information content (AvgIpc) is 3.18. The summed E-state index contributed by atoms with van der Waals surface area (Å²) in [5, 5.41) is 2.44. The van der Waals surface area contributed by atoms with Crippen LogP contribution in [-0.4, -0.2) is 26.5 Å². The number of benzene rings is 1. The Labute approximate surface area is 127 Å². The normalized spacial score (nSPS) is 14.6. The predicted octanol–water partition coefficient (Wildman–Crippen LogP) is 3.00. The van der Waals surface area contributed by atoms with E-state index in [0.717, 1.165) is 36.4 Å². The minimum Gasteiger partial charge on any atom is -0.357 e. The SMILES string of the molecule is c1ccc2c3c([nH]c2c1)CN(c1ncnc2[nH]ccc12)CC3. The lowest BCUT2D eigenvalue weighted by molar-refractivity contribution is 0.716. The van der Waals surface area contributed by atoms with Gasteiger partial charge in [0.2, 0.25) is 0 Å². The van der Waals surface area contributed by atoms with E-state index in [1.807, 2.05) is 12.3 Å². The second kappa shape index (κ2) is 4.34. The monoisotopic (exact) mass is 289 g/mol. The van der Waals surface area contributed by atoms with Crippen molar-refractivity contribution in [2.24, 2.45) is 0 Å². The highest BCUT2D eigenvalue weighted by molar-refractivity contribution is 5.88. The Bertz CT molecular complexity index is 981. The van der Waals surface area contributed by atoms with Crippen LogP contribution in [0.4, 0.5) is 5.82 Å². The Morgan fingerprint density at radius 1 is 1.05 bits per heavy atom. The summed E-state index contributed by atoms with van der Waals surface area (Å²) < 4.78 is 0. The van der Waals surface area contributed by atoms with Gasteiger partial charge in [-0.25, -0.2) is 9.97 Å². The van der Waals surface area contributed by atoms with E-state index in [4.69, 9.17) is 0 Å². The van der Waals surface area contributed by atoms with Gasteiger partial charge in [0, 0.05) is 29.3 Å². The van der Waals surface area contributed by atoms with Crippen LogP contribution >= 0.6 is 0 Å². The summed E-state index contributed by atoms with van der Waals surface area (Å²) in [5.41, 5.74) is 4.87. The lowest BCUT2D eigenvalue weighted by Crippen LogP contribution is -2.31. The fraction of sp³-hybridized carbons (Fsp3) is 0.176. The highest BCUT2D eigenvalue weighted by atomic mass is 15.2. The molecule has 0 saturated heterocycles. The van der Waals surface area contributed by atoms with Gasteiger partial charge in [0.15, 0.2) is 0 Å². The molecule has 0 unspecified atom stereocenters. The van der Waals surface area contributed by atoms with E-state index in [1.54, 1.807) is 6.33 Å². The van der Waals surface area contributed by atoms with Gasteiger partial charge in [0.1, 0.15) is 17.8 Å². The minimum atomic E-state index is 0.862. The van der Waals surface area contributed by atoms with Crippen LogP contribution in [0.5, 0.6) is 0 Å². The highest BCUT2D eigenvalue weighted by Crippen LogP contribution is 2.31. The quantitative estimate of drug-likeness (QED) is 0.566. The van der Waals surface area contributed by atoms with Crippen molar-refractivity contribution < 1.29 is 0 Å². The number of para-hydroxylation sites is 1. The molecule has 1 aromatic carbocycles. The number of rotatable bonds is 1. The summed E-state index contributed by atoms with van der Waals surface area (Å²) in [4.78, 5) is 17.8. The first kappa shape index (κ1) is 11.8. The molecule has 5 rings (SSSR count). The van der Waals surface area contributed by atoms with Crippen LogP contribution in [0.1, 0.15) is 11.3 Å². The summed E-state index contributed by atoms with van der Waals surface area (Å²) in [6, 6.07) is 10.6. The summed E-state index contributed by atoms with van der Waals surface area (Å²) in [6.45, 7) is 1.84. The average molecular weight is 289 g/mol. The van der Waals surface area contributed by atoms with E-state index in [0.29, 0.717) is 0 Å². The number of hydrogen-bond acceptors (Lipinski definition) is 3. The molecule has 4 aromatic rings. The van der Waals surface area contributed by atoms with Crippen molar-refractivity contribution in [3.63, 3.8) is 0 Å². The number of fused-ring (bicyclic) bond motifs is 4. The fourth-order valence-corrected chi connectivity index (χ4v) is 3.48. The van der Waals surface area contributed by atoms with Crippen LogP contribution in [0, 0.1) is 0 Å². The third-order valence-corrected chi connectivity index (χ3v) is 4.52. The minimum absolute atomic E-state index is 0.862. The second-order valence-electron chi connectivity index (χ2n) is 5.74. The van der Waals surface area contributed by atoms with Crippen LogP contribution in [0.2, 0.25) is 0 Å². The second-order valence-corrected chi connectivity index (χ2v) is 5.74. The maximum atomic E-state index is 4.51. The van der Waals surface area contributed by atoms with E-state index < -0.39 is 0 Å². The maximum Gasteiger partial charge on any atom is 0.142 e. The number of hydrogen-bond donors (Lipinski definition) is 2. The van der Waals surface area contributed by atoms with Gasteiger partial charge in [-0.05, 0) is 24.1 Å². The van der Waals surface area contributed by atoms with Crippen LogP contribution in [0.15, 0.2) is 42.9 Å². The maximum absolute atomic E-state index is 4.51. The van der Waals surface area contributed by atoms with E-state index in [9.17, 15) is 0 Å². The van der Waals surface area contributed by atoms with Crippen molar-refractivity contribution in [1.82, 2.24) is 19.9 Å². The molecule has 0 radical (unpaired) electrons. The number of H-pyrrole nitrogens is 2. The molecular formula is C17H15N5. The molecule has 108 valence electrons. The first-order valence-corrected chi connectivity index (χ1v) is 7.51. The molecule has 0 bridgehead atoms. The van der Waals surface area contributed by atoms with Crippen molar-refractivity contribution in [2.75, 3.05) is 11.4 Å². The number of aromatic nitrogens is 4. The van der Waals surface area contributed by atoms with Crippen molar-refractivity contribution >= 4 is 27.8 Å². The predicted molar refractivity (Wildman–Crippen MR) is 86.9 cm³/mol. The molecule has 0 fully saturated rings. The van der Waals surface area contributed by atoms with Crippen LogP contribution in [0.25, 0.3) is 21.9 Å². The molecule has 5 heteroatoms. The van der Waals surface area contributed by atoms with E-state index in [-0.39, 0.29) is 0 Å². The van der Waals surface area contributed by atoms with E-state index >= 15 is 0 Å². The number of aromatic amines is 2. The van der Waals surface area contributed by atoms with Crippen molar-refractivity contribution in [3.8, 4) is 0 Å². The van der Waals surface area contributed by atoms with Crippen LogP contribution in [-0.2, 0) is 13.0 Å². The van der Waals surface area contributed by atoms with Crippen LogP contribution in [0.3, 0.4) is 0 Å². The molecule has 0 atom stereocenters. The molecular weight excluding hydrogens is 274 g/mol. The molecule has 0 saturated carbocycles. The molecule has 0 aliphatic carbocycles. The third kappa shape index (κ3) is 1.59. The largest absolute Gasteiger partial charge is 0.357 e. The summed E-state index contributed by atoms with van der Waals surface area (Å²) in [5.74, 6) is 1.01. The van der Waals surface area contributed by atoms with Gasteiger partial charge >= 0.3 is 0 Å². The standard InChI is InChI=1S/C17H15N5/c1-2-4-14-11(3-1)12-6-8-22(9-15(12)21-14)17-13-5-7-18-16(13)19-10-20-17/h1-5,7,10,21H,6,8-9H2,(H,18,19,20). The van der Waals surface area contributed by atoms with Gasteiger partial charge in [-0.1, -0.05) is 18.2 Å². The van der Waals surface area contributed by atoms with Gasteiger partial charge < -0.3 is 14.9 Å². The Morgan fingerprint density at radius 3 is 3.00 bits per heavy atom. The molecule has 3 aromatic heterocycles. The Morgan fingerprint density at radius 2 is 2.00 bits per heavy atom. The summed E-state index contributed by atoms with van der Waals surface area (Å²) >= 11 is 0. The molecule has 22 heavy (non-hydrogen) atoms. The van der Waals surface area contributed by atoms with E-state index in [2.05, 4.69) is 49.1 Å². The Hall–Kier alpha value is -2.82. The number of nitrogens with zero attached hydrogens (tertiary/aromatic N) is 3. The van der Waals surface area contributed by atoms with Crippen molar-refractivity contribution in [1.29, 1.82) is 0 Å². The third-order valence-electron chi connectivity index (χ3n) is 4.52. The first-order chi connectivity index (χ1) is 10.9. The molecule has 4 heterocycles. The lowest BCUT2D eigenvalue weighted by atomic mass is 10.0. The topological polar surface area (TPSA) is 60.6 Å². The van der Waals surface area contributed by atoms with E-state index in [1.165, 1.54) is 22.2 Å². The first-order valence-electron chi connectivity index (χ1n) is 7.51. The van der Waals surface area contributed by atoms with Gasteiger partial charge in [0.05, 0.1) is 11.9 Å². The molecule has 5 nitrogen and oxygen atoms in total. The molecule has 1 aliphatic heterocycles.